The van der Waals surface area contributed by atoms with Gasteiger partial charge in [0.1, 0.15) is 6.61 Å². The lowest BCUT2D eigenvalue weighted by Crippen LogP contribution is -2.50. The smallest absolute Gasteiger partial charge is 0.329 e. The second-order valence-electron chi connectivity index (χ2n) is 5.50. The first-order valence-corrected chi connectivity index (χ1v) is 6.91. The number of nitrogens with zero attached hydrogens (tertiary/aromatic N) is 2. The van der Waals surface area contributed by atoms with Gasteiger partial charge in [0.25, 0.3) is 0 Å². The zero-order valence-electron chi connectivity index (χ0n) is 11.2. The molecule has 2 saturated heterocycles. The van der Waals surface area contributed by atoms with E-state index in [2.05, 4.69) is 16.8 Å². The number of aliphatic carboxylic acids is 1. The molecule has 2 rings (SSSR count). The molecular weight excluding hydrogens is 232 g/mol. The van der Waals surface area contributed by atoms with Gasteiger partial charge in [-0.3, -0.25) is 4.90 Å². The number of carbonyl (C=O) groups is 1. The molecule has 0 radical (unpaired) electrons. The van der Waals surface area contributed by atoms with Crippen molar-refractivity contribution in [3.8, 4) is 0 Å². The quantitative estimate of drug-likeness (QED) is 0.800. The summed E-state index contributed by atoms with van der Waals surface area (Å²) in [6.07, 6.45) is 4.65. The molecule has 5 heteroatoms. The predicted molar refractivity (Wildman–Crippen MR) is 68.7 cm³/mol. The highest BCUT2D eigenvalue weighted by Gasteiger charge is 2.28. The van der Waals surface area contributed by atoms with Crippen LogP contribution in [-0.2, 0) is 9.53 Å². The molecule has 5 nitrogen and oxygen atoms in total. The molecule has 2 fully saturated rings. The van der Waals surface area contributed by atoms with E-state index in [0.29, 0.717) is 6.04 Å². The van der Waals surface area contributed by atoms with Crippen molar-refractivity contribution in [3.63, 3.8) is 0 Å². The molecule has 1 atom stereocenters. The highest BCUT2D eigenvalue weighted by Crippen LogP contribution is 2.21. The molecule has 1 unspecified atom stereocenters. The van der Waals surface area contributed by atoms with Crippen LogP contribution in [0.4, 0.5) is 0 Å². The van der Waals surface area contributed by atoms with Gasteiger partial charge in [0.2, 0.25) is 0 Å². The predicted octanol–water partition coefficient (Wildman–Crippen LogP) is 0.646. The van der Waals surface area contributed by atoms with Crippen LogP contribution in [0.2, 0.25) is 0 Å². The zero-order chi connectivity index (χ0) is 13.0. The second-order valence-corrected chi connectivity index (χ2v) is 5.50. The van der Waals surface area contributed by atoms with Crippen LogP contribution in [0.5, 0.6) is 0 Å². The number of carboxylic acid groups (broad SMARTS) is 1. The molecule has 0 aromatic rings. The summed E-state index contributed by atoms with van der Waals surface area (Å²) in [5.41, 5.74) is 0. The molecule has 0 aromatic heterocycles. The van der Waals surface area contributed by atoms with Crippen LogP contribution in [0.1, 0.15) is 25.7 Å². The first-order chi connectivity index (χ1) is 8.65. The van der Waals surface area contributed by atoms with Gasteiger partial charge in [-0.05, 0) is 39.3 Å². The van der Waals surface area contributed by atoms with Gasteiger partial charge in [-0.2, -0.15) is 0 Å². The summed E-state index contributed by atoms with van der Waals surface area (Å²) in [7, 11) is 2.19. The van der Waals surface area contributed by atoms with Crippen LogP contribution >= 0.6 is 0 Å². The summed E-state index contributed by atoms with van der Waals surface area (Å²) in [6, 6.07) is 0.684. The number of carboxylic acids is 1. The molecular formula is C13H24N2O3. The second kappa shape index (κ2) is 6.50. The maximum atomic E-state index is 10.4. The largest absolute Gasteiger partial charge is 0.480 e. The SMILES string of the molecule is CN1CCCC(N2CCC(OCC(=O)O)CC2)C1. The van der Waals surface area contributed by atoms with Gasteiger partial charge < -0.3 is 14.7 Å². The molecule has 1 N–H and O–H groups in total. The van der Waals surface area contributed by atoms with Crippen molar-refractivity contribution in [2.45, 2.75) is 37.8 Å². The van der Waals surface area contributed by atoms with Gasteiger partial charge in [-0.1, -0.05) is 0 Å². The molecule has 0 bridgehead atoms. The Bertz CT molecular complexity index is 277. The molecule has 0 spiro atoms. The van der Waals surface area contributed by atoms with E-state index in [1.54, 1.807) is 0 Å². The monoisotopic (exact) mass is 256 g/mol. The zero-order valence-corrected chi connectivity index (χ0v) is 11.2. The van der Waals surface area contributed by atoms with E-state index in [0.717, 1.165) is 25.9 Å². The lowest BCUT2D eigenvalue weighted by atomic mass is 10.00. The Morgan fingerprint density at radius 3 is 2.61 bits per heavy atom. The highest BCUT2D eigenvalue weighted by atomic mass is 16.5. The maximum Gasteiger partial charge on any atom is 0.329 e. The lowest BCUT2D eigenvalue weighted by Gasteiger charge is -2.41. The highest BCUT2D eigenvalue weighted by molar-refractivity contribution is 5.68. The van der Waals surface area contributed by atoms with Crippen LogP contribution in [0, 0.1) is 0 Å². The fraction of sp³-hybridized carbons (Fsp3) is 0.923. The summed E-state index contributed by atoms with van der Waals surface area (Å²) < 4.78 is 5.36. The Morgan fingerprint density at radius 2 is 2.00 bits per heavy atom. The van der Waals surface area contributed by atoms with Crippen molar-refractivity contribution < 1.29 is 14.6 Å². The molecule has 18 heavy (non-hydrogen) atoms. The van der Waals surface area contributed by atoms with Crippen LogP contribution in [0.3, 0.4) is 0 Å². The molecule has 2 aliphatic heterocycles. The van der Waals surface area contributed by atoms with E-state index in [1.165, 1.54) is 25.9 Å². The van der Waals surface area contributed by atoms with Crippen LogP contribution in [-0.4, -0.2) is 72.9 Å². The summed E-state index contributed by atoms with van der Waals surface area (Å²) in [6.45, 7) is 4.32. The molecule has 104 valence electrons. The van der Waals surface area contributed by atoms with E-state index in [9.17, 15) is 4.79 Å². The average Bonchev–Trinajstić information content (AvgIpc) is 2.37. The van der Waals surface area contributed by atoms with E-state index in [1.807, 2.05) is 0 Å². The molecule has 0 amide bonds. The maximum absolute atomic E-state index is 10.4. The number of likely N-dealkylation sites (tertiary alicyclic amines) is 2. The van der Waals surface area contributed by atoms with E-state index < -0.39 is 5.97 Å². The first-order valence-electron chi connectivity index (χ1n) is 6.91. The third-order valence-electron chi connectivity index (χ3n) is 4.04. The van der Waals surface area contributed by atoms with Crippen LogP contribution in [0.15, 0.2) is 0 Å². The van der Waals surface area contributed by atoms with Crippen molar-refractivity contribution in [2.75, 3.05) is 39.8 Å². The number of rotatable bonds is 4. The molecule has 0 saturated carbocycles. The third kappa shape index (κ3) is 3.93. The van der Waals surface area contributed by atoms with E-state index in [-0.39, 0.29) is 12.7 Å². The van der Waals surface area contributed by atoms with Crippen molar-refractivity contribution in [1.82, 2.24) is 9.80 Å². The summed E-state index contributed by atoms with van der Waals surface area (Å²) in [5, 5.41) is 8.59. The Hall–Kier alpha value is -0.650. The van der Waals surface area contributed by atoms with Crippen LogP contribution < -0.4 is 0 Å². The van der Waals surface area contributed by atoms with Gasteiger partial charge in [-0.15, -0.1) is 0 Å². The summed E-state index contributed by atoms with van der Waals surface area (Å²) >= 11 is 0. The molecule has 0 aliphatic carbocycles. The minimum absolute atomic E-state index is 0.138. The molecule has 2 heterocycles. The van der Waals surface area contributed by atoms with Gasteiger partial charge >= 0.3 is 5.97 Å². The third-order valence-corrected chi connectivity index (χ3v) is 4.04. The Kier molecular flexibility index (Phi) is 4.97. The van der Waals surface area contributed by atoms with Gasteiger partial charge in [0.05, 0.1) is 6.10 Å². The first kappa shape index (κ1) is 13.8. The Balaban J connectivity index is 1.71. The van der Waals surface area contributed by atoms with Gasteiger partial charge in [0, 0.05) is 25.7 Å². The molecule has 2 aliphatic rings. The topological polar surface area (TPSA) is 53.0 Å². The fourth-order valence-corrected chi connectivity index (χ4v) is 3.03. The standard InChI is InChI=1S/C13H24N2O3/c1-14-6-2-3-11(9-14)15-7-4-12(5-8-15)18-10-13(16)17/h11-12H,2-10H2,1H3,(H,16,17). The number of hydrogen-bond acceptors (Lipinski definition) is 4. The Labute approximate surface area is 109 Å². The number of likely N-dealkylation sites (N-methyl/N-ethyl adjacent to an activating group) is 1. The fourth-order valence-electron chi connectivity index (χ4n) is 3.03. The summed E-state index contributed by atoms with van der Waals surface area (Å²) in [4.78, 5) is 15.4. The van der Waals surface area contributed by atoms with E-state index >= 15 is 0 Å². The lowest BCUT2D eigenvalue weighted by molar-refractivity contribution is -0.145. The number of piperidine rings is 2. The van der Waals surface area contributed by atoms with Gasteiger partial charge in [0.15, 0.2) is 0 Å². The van der Waals surface area contributed by atoms with Gasteiger partial charge in [-0.25, -0.2) is 4.79 Å². The Morgan fingerprint density at radius 1 is 1.28 bits per heavy atom. The van der Waals surface area contributed by atoms with Crippen molar-refractivity contribution in [2.24, 2.45) is 0 Å². The average molecular weight is 256 g/mol. The molecule has 0 aromatic carbocycles. The minimum atomic E-state index is -0.869. The number of ether oxygens (including phenoxy) is 1. The number of hydrogen-bond donors (Lipinski definition) is 1. The van der Waals surface area contributed by atoms with E-state index in [4.69, 9.17) is 9.84 Å². The van der Waals surface area contributed by atoms with Crippen molar-refractivity contribution in [1.29, 1.82) is 0 Å². The van der Waals surface area contributed by atoms with Crippen molar-refractivity contribution >= 4 is 5.97 Å². The minimum Gasteiger partial charge on any atom is -0.480 e. The normalized spacial score (nSPS) is 28.4. The summed E-state index contributed by atoms with van der Waals surface area (Å²) in [5.74, 6) is -0.869. The van der Waals surface area contributed by atoms with Crippen molar-refractivity contribution in [3.05, 3.63) is 0 Å². The van der Waals surface area contributed by atoms with Crippen LogP contribution in [0.25, 0.3) is 0 Å².